The molecule has 0 fully saturated rings. The van der Waals surface area contributed by atoms with Gasteiger partial charge >= 0.3 is 0 Å². The second kappa shape index (κ2) is 6.86. The van der Waals surface area contributed by atoms with Gasteiger partial charge in [-0.3, -0.25) is 4.79 Å². The summed E-state index contributed by atoms with van der Waals surface area (Å²) in [5.74, 6) is 0.884. The van der Waals surface area contributed by atoms with E-state index in [-0.39, 0.29) is 19.1 Å². The number of hydrogen-bond acceptors (Lipinski definition) is 4. The molecule has 1 unspecified atom stereocenters. The van der Waals surface area contributed by atoms with E-state index in [1.54, 1.807) is 7.11 Å². The third kappa shape index (κ3) is 4.25. The molecule has 100 valence electrons. The van der Waals surface area contributed by atoms with Crippen molar-refractivity contribution in [1.82, 2.24) is 0 Å². The van der Waals surface area contributed by atoms with Crippen LogP contribution in [0, 0.1) is 0 Å². The Balaban J connectivity index is 2.85. The van der Waals surface area contributed by atoms with Crippen LogP contribution in [0.1, 0.15) is 18.9 Å². The fourth-order valence-electron chi connectivity index (χ4n) is 1.65. The number of ether oxygens (including phenoxy) is 2. The molecular weight excluding hydrogens is 232 g/mol. The monoisotopic (exact) mass is 252 g/mol. The lowest BCUT2D eigenvalue weighted by Crippen LogP contribution is -2.19. The highest BCUT2D eigenvalue weighted by Crippen LogP contribution is 2.31. The molecule has 1 rings (SSSR count). The predicted octanol–water partition coefficient (Wildman–Crippen LogP) is 0.839. The minimum Gasteiger partial charge on any atom is -0.493 e. The minimum absolute atomic E-state index is 0.0237. The smallest absolute Gasteiger partial charge is 0.220 e. The molecule has 4 N–H and O–H groups in total. The summed E-state index contributed by atoms with van der Waals surface area (Å²) >= 11 is 0. The van der Waals surface area contributed by atoms with Crippen LogP contribution in [0.15, 0.2) is 18.2 Å². The first-order valence-corrected chi connectivity index (χ1v) is 5.87. The Kier molecular flexibility index (Phi) is 5.45. The number of benzene rings is 1. The van der Waals surface area contributed by atoms with Gasteiger partial charge in [-0.25, -0.2) is 0 Å². The van der Waals surface area contributed by atoms with Gasteiger partial charge in [0.25, 0.3) is 0 Å². The highest BCUT2D eigenvalue weighted by Gasteiger charge is 2.12. The van der Waals surface area contributed by atoms with Crippen molar-refractivity contribution in [3.63, 3.8) is 0 Å². The van der Waals surface area contributed by atoms with Crippen LogP contribution in [0.5, 0.6) is 11.5 Å². The first-order chi connectivity index (χ1) is 8.54. The molecule has 0 saturated carbocycles. The van der Waals surface area contributed by atoms with E-state index < -0.39 is 5.91 Å². The lowest BCUT2D eigenvalue weighted by molar-refractivity contribution is -0.118. The van der Waals surface area contributed by atoms with Crippen molar-refractivity contribution in [2.45, 2.75) is 25.8 Å². The standard InChI is InChI=1S/C13H20N2O3/c1-9(14)8-10-4-3-5-11(17-2)13(10)18-7-6-12(15)16/h3-5,9H,6-8,14H2,1-2H3,(H2,15,16). The Labute approximate surface area is 107 Å². The normalized spacial score (nSPS) is 11.9. The fourth-order valence-corrected chi connectivity index (χ4v) is 1.65. The molecule has 0 heterocycles. The SMILES string of the molecule is COc1cccc(CC(C)N)c1OCCC(N)=O. The maximum atomic E-state index is 10.7. The Morgan fingerprint density at radius 2 is 2.17 bits per heavy atom. The second-order valence-corrected chi connectivity index (χ2v) is 4.19. The summed E-state index contributed by atoms with van der Waals surface area (Å²) in [7, 11) is 1.58. The maximum absolute atomic E-state index is 10.7. The summed E-state index contributed by atoms with van der Waals surface area (Å²) in [4.78, 5) is 10.7. The molecule has 0 spiro atoms. The molecule has 5 heteroatoms. The van der Waals surface area contributed by atoms with Gasteiger partial charge < -0.3 is 20.9 Å². The lowest BCUT2D eigenvalue weighted by atomic mass is 10.1. The van der Waals surface area contributed by atoms with Gasteiger partial charge in [0, 0.05) is 6.04 Å². The summed E-state index contributed by atoms with van der Waals surface area (Å²) in [5.41, 5.74) is 11.8. The summed E-state index contributed by atoms with van der Waals surface area (Å²) in [5, 5.41) is 0. The second-order valence-electron chi connectivity index (χ2n) is 4.19. The van der Waals surface area contributed by atoms with E-state index >= 15 is 0 Å². The molecule has 0 aromatic heterocycles. The zero-order valence-corrected chi connectivity index (χ0v) is 10.8. The molecule has 0 saturated heterocycles. The molecule has 5 nitrogen and oxygen atoms in total. The Morgan fingerprint density at radius 3 is 2.72 bits per heavy atom. The summed E-state index contributed by atoms with van der Waals surface area (Å²) in [6, 6.07) is 5.66. The van der Waals surface area contributed by atoms with Gasteiger partial charge in [0.15, 0.2) is 11.5 Å². The molecule has 1 amide bonds. The topological polar surface area (TPSA) is 87.6 Å². The van der Waals surface area contributed by atoms with Gasteiger partial charge in [-0.2, -0.15) is 0 Å². The number of primary amides is 1. The number of carbonyl (C=O) groups excluding carboxylic acids is 1. The van der Waals surface area contributed by atoms with E-state index in [0.717, 1.165) is 5.56 Å². The highest BCUT2D eigenvalue weighted by atomic mass is 16.5. The number of nitrogens with two attached hydrogens (primary N) is 2. The zero-order valence-electron chi connectivity index (χ0n) is 10.8. The van der Waals surface area contributed by atoms with E-state index in [1.807, 2.05) is 25.1 Å². The fraction of sp³-hybridized carbons (Fsp3) is 0.462. The van der Waals surface area contributed by atoms with E-state index in [1.165, 1.54) is 0 Å². The van der Waals surface area contributed by atoms with Crippen LogP contribution >= 0.6 is 0 Å². The Bertz CT molecular complexity index is 405. The summed E-state index contributed by atoms with van der Waals surface area (Å²) in [6.07, 6.45) is 0.860. The van der Waals surface area contributed by atoms with Gasteiger partial charge in [-0.1, -0.05) is 12.1 Å². The van der Waals surface area contributed by atoms with E-state index in [2.05, 4.69) is 0 Å². The van der Waals surface area contributed by atoms with Crippen LogP contribution in [-0.2, 0) is 11.2 Å². The molecule has 1 atom stereocenters. The number of carbonyl (C=O) groups is 1. The third-order valence-corrected chi connectivity index (χ3v) is 2.42. The quantitative estimate of drug-likeness (QED) is 0.752. The van der Waals surface area contributed by atoms with Crippen LogP contribution in [0.25, 0.3) is 0 Å². The van der Waals surface area contributed by atoms with E-state index in [9.17, 15) is 4.79 Å². The average molecular weight is 252 g/mol. The summed E-state index contributed by atoms with van der Waals surface area (Å²) < 4.78 is 10.8. The highest BCUT2D eigenvalue weighted by molar-refractivity contribution is 5.73. The Morgan fingerprint density at radius 1 is 1.44 bits per heavy atom. The molecule has 0 aliphatic carbocycles. The van der Waals surface area contributed by atoms with Gasteiger partial charge in [-0.15, -0.1) is 0 Å². The number of methoxy groups -OCH3 is 1. The number of rotatable bonds is 7. The zero-order chi connectivity index (χ0) is 13.5. The van der Waals surface area contributed by atoms with Crippen LogP contribution < -0.4 is 20.9 Å². The van der Waals surface area contributed by atoms with Crippen molar-refractivity contribution >= 4 is 5.91 Å². The third-order valence-electron chi connectivity index (χ3n) is 2.42. The van der Waals surface area contributed by atoms with Gasteiger partial charge in [0.1, 0.15) is 0 Å². The number of hydrogen-bond donors (Lipinski definition) is 2. The maximum Gasteiger partial charge on any atom is 0.220 e. The molecule has 0 radical (unpaired) electrons. The molecule has 1 aromatic rings. The lowest BCUT2D eigenvalue weighted by Gasteiger charge is -2.15. The van der Waals surface area contributed by atoms with Crippen LogP contribution in [-0.4, -0.2) is 25.7 Å². The molecule has 0 aliphatic rings. The molecule has 0 aliphatic heterocycles. The molecular formula is C13H20N2O3. The van der Waals surface area contributed by atoms with Crippen molar-refractivity contribution in [2.75, 3.05) is 13.7 Å². The molecule has 0 bridgehead atoms. The first-order valence-electron chi connectivity index (χ1n) is 5.87. The van der Waals surface area contributed by atoms with Crippen LogP contribution in [0.2, 0.25) is 0 Å². The van der Waals surface area contributed by atoms with Crippen LogP contribution in [0.3, 0.4) is 0 Å². The van der Waals surface area contributed by atoms with Crippen molar-refractivity contribution in [3.05, 3.63) is 23.8 Å². The molecule has 1 aromatic carbocycles. The molecule has 18 heavy (non-hydrogen) atoms. The van der Waals surface area contributed by atoms with Crippen molar-refractivity contribution in [2.24, 2.45) is 11.5 Å². The summed E-state index contributed by atoms with van der Waals surface area (Å²) in [6.45, 7) is 2.16. The average Bonchev–Trinajstić information content (AvgIpc) is 2.29. The number of para-hydroxylation sites is 1. The number of amides is 1. The van der Waals surface area contributed by atoms with Gasteiger partial charge in [0.05, 0.1) is 20.1 Å². The van der Waals surface area contributed by atoms with Crippen molar-refractivity contribution in [1.29, 1.82) is 0 Å². The first kappa shape index (κ1) is 14.3. The van der Waals surface area contributed by atoms with E-state index in [4.69, 9.17) is 20.9 Å². The van der Waals surface area contributed by atoms with Crippen LogP contribution in [0.4, 0.5) is 0 Å². The van der Waals surface area contributed by atoms with Crippen molar-refractivity contribution < 1.29 is 14.3 Å². The van der Waals surface area contributed by atoms with Gasteiger partial charge in [-0.05, 0) is 25.0 Å². The Hall–Kier alpha value is -1.75. The minimum atomic E-state index is -0.390. The van der Waals surface area contributed by atoms with Crippen molar-refractivity contribution in [3.8, 4) is 11.5 Å². The largest absolute Gasteiger partial charge is 0.493 e. The van der Waals surface area contributed by atoms with E-state index in [0.29, 0.717) is 17.9 Å². The van der Waals surface area contributed by atoms with Gasteiger partial charge in [0.2, 0.25) is 5.91 Å². The predicted molar refractivity (Wildman–Crippen MR) is 69.7 cm³/mol.